The van der Waals surface area contributed by atoms with Crippen molar-refractivity contribution in [1.82, 2.24) is 9.21 Å². The zero-order valence-electron chi connectivity index (χ0n) is 17.6. The molecule has 2 saturated heterocycles. The monoisotopic (exact) mass is 476 g/mol. The fourth-order valence-corrected chi connectivity index (χ4v) is 6.73. The molecule has 1 aromatic carbocycles. The van der Waals surface area contributed by atoms with Gasteiger partial charge in [-0.15, -0.1) is 0 Å². The molecular formula is C21H27F3N2O5S. The summed E-state index contributed by atoms with van der Waals surface area (Å²) in [5, 5.41) is 9.89. The molecule has 0 amide bonds. The number of rotatable bonds is 6. The molecule has 11 heteroatoms. The molecule has 1 aromatic rings. The van der Waals surface area contributed by atoms with Crippen LogP contribution in [0.5, 0.6) is 5.75 Å². The Morgan fingerprint density at radius 3 is 2.03 bits per heavy atom. The number of likely N-dealkylation sites (tertiary alicyclic amines) is 1. The maximum atomic E-state index is 13.4. The Morgan fingerprint density at radius 2 is 1.56 bits per heavy atom. The van der Waals surface area contributed by atoms with Gasteiger partial charge >= 0.3 is 12.1 Å². The van der Waals surface area contributed by atoms with Crippen LogP contribution in [-0.4, -0.2) is 71.8 Å². The number of ether oxygens (including phenoxy) is 1. The Bertz CT molecular complexity index is 931. The predicted molar refractivity (Wildman–Crippen MR) is 110 cm³/mol. The van der Waals surface area contributed by atoms with Crippen molar-refractivity contribution in [2.45, 2.75) is 61.6 Å². The van der Waals surface area contributed by atoms with Crippen molar-refractivity contribution < 1.29 is 36.2 Å². The first kappa shape index (κ1) is 23.3. The van der Waals surface area contributed by atoms with E-state index in [0.717, 1.165) is 25.0 Å². The standard InChI is InChI=1S/C21H27F3N2O5S/c22-21(23,24)15-1-5-17(6-2-15)31-18-7-11-26(12-8-18)32(29,30)20(19(27)28)9-13-25(14-10-20)16-3-4-16/h1-2,5-6,16,18H,3-4,7-14H2,(H,27,28). The van der Waals surface area contributed by atoms with E-state index in [4.69, 9.17) is 4.74 Å². The van der Waals surface area contributed by atoms with Gasteiger partial charge in [0.05, 0.1) is 5.56 Å². The highest BCUT2D eigenvalue weighted by Crippen LogP contribution is 2.39. The predicted octanol–water partition coefficient (Wildman–Crippen LogP) is 2.96. The molecule has 4 rings (SSSR count). The minimum absolute atomic E-state index is 0.0726. The van der Waals surface area contributed by atoms with Crippen LogP contribution in [0.2, 0.25) is 0 Å². The van der Waals surface area contributed by atoms with E-state index in [1.54, 1.807) is 0 Å². The molecule has 2 aliphatic heterocycles. The van der Waals surface area contributed by atoms with Gasteiger partial charge in [-0.05, 0) is 62.8 Å². The van der Waals surface area contributed by atoms with E-state index in [9.17, 15) is 31.5 Å². The first-order chi connectivity index (χ1) is 15.0. The van der Waals surface area contributed by atoms with Gasteiger partial charge in [0.25, 0.3) is 0 Å². The number of halogens is 3. The maximum absolute atomic E-state index is 13.4. The minimum atomic E-state index is -4.42. The summed E-state index contributed by atoms with van der Waals surface area (Å²) in [7, 11) is -4.07. The Morgan fingerprint density at radius 1 is 1.00 bits per heavy atom. The number of piperidine rings is 2. The lowest BCUT2D eigenvalue weighted by molar-refractivity contribution is -0.141. The molecule has 3 fully saturated rings. The highest BCUT2D eigenvalue weighted by Gasteiger charge is 2.56. The van der Waals surface area contributed by atoms with Gasteiger partial charge in [-0.25, -0.2) is 12.7 Å². The van der Waals surface area contributed by atoms with Gasteiger partial charge in [0, 0.05) is 32.2 Å². The lowest BCUT2D eigenvalue weighted by Crippen LogP contribution is -2.60. The van der Waals surface area contributed by atoms with Crippen LogP contribution in [0, 0.1) is 0 Å². The number of carboxylic acids is 1. The summed E-state index contributed by atoms with van der Waals surface area (Å²) in [5.74, 6) is -1.01. The van der Waals surface area contributed by atoms with E-state index in [1.807, 2.05) is 0 Å². The van der Waals surface area contributed by atoms with Crippen molar-refractivity contribution in [2.24, 2.45) is 0 Å². The lowest BCUT2D eigenvalue weighted by Gasteiger charge is -2.42. The number of hydrogen-bond donors (Lipinski definition) is 1. The molecule has 1 saturated carbocycles. The van der Waals surface area contributed by atoms with E-state index in [0.29, 0.717) is 32.0 Å². The summed E-state index contributed by atoms with van der Waals surface area (Å²) in [6.07, 6.45) is -1.79. The zero-order valence-corrected chi connectivity index (χ0v) is 18.4. The highest BCUT2D eigenvalue weighted by molar-refractivity contribution is 7.91. The number of aliphatic carboxylic acids is 1. The van der Waals surface area contributed by atoms with Gasteiger partial charge < -0.3 is 14.7 Å². The van der Waals surface area contributed by atoms with Crippen molar-refractivity contribution in [3.63, 3.8) is 0 Å². The van der Waals surface area contributed by atoms with Crippen LogP contribution in [0.3, 0.4) is 0 Å². The highest BCUT2D eigenvalue weighted by atomic mass is 32.2. The van der Waals surface area contributed by atoms with E-state index in [-0.39, 0.29) is 37.8 Å². The molecule has 2 heterocycles. The second kappa shape index (κ2) is 8.49. The quantitative estimate of drug-likeness (QED) is 0.680. The molecule has 0 atom stereocenters. The number of alkyl halides is 3. The smallest absolute Gasteiger partial charge is 0.416 e. The third-order valence-electron chi connectivity index (χ3n) is 6.78. The molecule has 0 unspecified atom stereocenters. The topological polar surface area (TPSA) is 87.1 Å². The number of carbonyl (C=O) groups is 1. The Labute approximate surface area is 185 Å². The van der Waals surface area contributed by atoms with E-state index in [1.165, 1.54) is 16.4 Å². The molecule has 0 spiro atoms. The fraction of sp³-hybridized carbons (Fsp3) is 0.667. The summed E-state index contributed by atoms with van der Waals surface area (Å²) < 4.78 is 70.0. The van der Waals surface area contributed by atoms with Gasteiger partial charge in [-0.1, -0.05) is 0 Å². The number of sulfonamides is 1. The average molecular weight is 477 g/mol. The summed E-state index contributed by atoms with van der Waals surface area (Å²) in [4.78, 5) is 14.3. The Balaban J connectivity index is 1.37. The van der Waals surface area contributed by atoms with Crippen LogP contribution >= 0.6 is 0 Å². The average Bonchev–Trinajstić information content (AvgIpc) is 3.59. The maximum Gasteiger partial charge on any atom is 0.416 e. The van der Waals surface area contributed by atoms with Crippen molar-refractivity contribution in [3.05, 3.63) is 29.8 Å². The Hall–Kier alpha value is -1.85. The lowest BCUT2D eigenvalue weighted by atomic mass is 9.95. The zero-order chi connectivity index (χ0) is 23.1. The molecular weight excluding hydrogens is 449 g/mol. The molecule has 178 valence electrons. The SMILES string of the molecule is O=C(O)C1(S(=O)(=O)N2CCC(Oc3ccc(C(F)(F)F)cc3)CC2)CCN(C2CC2)CC1. The molecule has 7 nitrogen and oxygen atoms in total. The van der Waals surface area contributed by atoms with E-state index in [2.05, 4.69) is 4.90 Å². The van der Waals surface area contributed by atoms with Gasteiger partial charge in [0.2, 0.25) is 10.0 Å². The van der Waals surface area contributed by atoms with Gasteiger partial charge in [-0.2, -0.15) is 13.2 Å². The summed E-state index contributed by atoms with van der Waals surface area (Å²) in [6.45, 7) is 1.16. The second-order valence-electron chi connectivity index (χ2n) is 8.81. The summed E-state index contributed by atoms with van der Waals surface area (Å²) in [6, 6.07) is 4.85. The van der Waals surface area contributed by atoms with Gasteiger partial charge in [0.15, 0.2) is 4.75 Å². The van der Waals surface area contributed by atoms with Crippen LogP contribution in [0.4, 0.5) is 13.2 Å². The molecule has 0 radical (unpaired) electrons. The number of carboxylic acid groups (broad SMARTS) is 1. The molecule has 1 aliphatic carbocycles. The van der Waals surface area contributed by atoms with Gasteiger partial charge in [-0.3, -0.25) is 4.79 Å². The van der Waals surface area contributed by atoms with E-state index >= 15 is 0 Å². The summed E-state index contributed by atoms with van der Waals surface area (Å²) >= 11 is 0. The van der Waals surface area contributed by atoms with Crippen molar-refractivity contribution in [3.8, 4) is 5.75 Å². The third-order valence-corrected chi connectivity index (χ3v) is 9.39. The van der Waals surface area contributed by atoms with Crippen LogP contribution in [-0.2, 0) is 21.0 Å². The van der Waals surface area contributed by atoms with Crippen LogP contribution < -0.4 is 4.74 Å². The third kappa shape index (κ3) is 4.47. The normalized spacial score (nSPS) is 23.7. The molecule has 32 heavy (non-hydrogen) atoms. The number of nitrogens with zero attached hydrogens (tertiary/aromatic N) is 2. The summed E-state index contributed by atoms with van der Waals surface area (Å²) in [5.41, 5.74) is -0.766. The van der Waals surface area contributed by atoms with E-state index < -0.39 is 32.5 Å². The molecule has 3 aliphatic rings. The largest absolute Gasteiger partial charge is 0.490 e. The molecule has 0 aromatic heterocycles. The number of benzene rings is 1. The first-order valence-electron chi connectivity index (χ1n) is 10.8. The first-order valence-corrected chi connectivity index (χ1v) is 12.3. The Kier molecular flexibility index (Phi) is 6.19. The molecule has 0 bridgehead atoms. The van der Waals surface area contributed by atoms with Gasteiger partial charge in [0.1, 0.15) is 11.9 Å². The van der Waals surface area contributed by atoms with Crippen molar-refractivity contribution in [2.75, 3.05) is 26.2 Å². The van der Waals surface area contributed by atoms with Crippen LogP contribution in [0.15, 0.2) is 24.3 Å². The fourth-order valence-electron chi connectivity index (χ4n) is 4.62. The van der Waals surface area contributed by atoms with Crippen LogP contribution in [0.25, 0.3) is 0 Å². The van der Waals surface area contributed by atoms with Crippen LogP contribution in [0.1, 0.15) is 44.1 Å². The van der Waals surface area contributed by atoms with Crippen molar-refractivity contribution >= 4 is 16.0 Å². The molecule has 1 N–H and O–H groups in total. The minimum Gasteiger partial charge on any atom is -0.490 e. The van der Waals surface area contributed by atoms with Crippen molar-refractivity contribution in [1.29, 1.82) is 0 Å². The second-order valence-corrected chi connectivity index (χ2v) is 11.1. The number of hydrogen-bond acceptors (Lipinski definition) is 5.